The van der Waals surface area contributed by atoms with Crippen molar-refractivity contribution >= 4 is 5.78 Å². The molecule has 1 N–H and O–H groups in total. The number of hydrogen-bond acceptors (Lipinski definition) is 3. The molecule has 3 heteroatoms. The van der Waals surface area contributed by atoms with E-state index in [2.05, 4.69) is 0 Å². The van der Waals surface area contributed by atoms with Crippen molar-refractivity contribution in [1.29, 1.82) is 0 Å². The Morgan fingerprint density at radius 2 is 2.06 bits per heavy atom. The molecule has 0 radical (unpaired) electrons. The Labute approximate surface area is 95.0 Å². The van der Waals surface area contributed by atoms with Crippen molar-refractivity contribution in [3.05, 3.63) is 23.8 Å². The number of fused-ring (bicyclic) bond motifs is 1. The van der Waals surface area contributed by atoms with Crippen LogP contribution in [0.15, 0.2) is 18.2 Å². The average molecular weight is 220 g/mol. The highest BCUT2D eigenvalue weighted by molar-refractivity contribution is 6.02. The van der Waals surface area contributed by atoms with Gasteiger partial charge in [-0.25, -0.2) is 0 Å². The van der Waals surface area contributed by atoms with Gasteiger partial charge in [-0.05, 0) is 17.5 Å². The molecule has 1 heterocycles. The van der Waals surface area contributed by atoms with E-state index in [1.165, 1.54) is 6.07 Å². The highest BCUT2D eigenvalue weighted by Gasteiger charge is 2.35. The SMILES string of the molecule is CC(C)(C)C1CC(=O)c2c(O)cccc2O1. The van der Waals surface area contributed by atoms with Crippen LogP contribution in [0.3, 0.4) is 0 Å². The van der Waals surface area contributed by atoms with Crippen molar-refractivity contribution in [2.45, 2.75) is 33.3 Å². The minimum atomic E-state index is -0.130. The molecule has 1 aliphatic heterocycles. The Bertz CT molecular complexity index is 429. The molecule has 1 atom stereocenters. The van der Waals surface area contributed by atoms with Crippen LogP contribution in [-0.4, -0.2) is 17.0 Å². The molecule has 0 saturated carbocycles. The van der Waals surface area contributed by atoms with E-state index in [1.54, 1.807) is 12.1 Å². The third-order valence-corrected chi connectivity index (χ3v) is 2.89. The molecule has 1 aliphatic rings. The highest BCUT2D eigenvalue weighted by Crippen LogP contribution is 2.38. The van der Waals surface area contributed by atoms with Crippen molar-refractivity contribution in [3.63, 3.8) is 0 Å². The fourth-order valence-electron chi connectivity index (χ4n) is 1.85. The van der Waals surface area contributed by atoms with Crippen LogP contribution >= 0.6 is 0 Å². The van der Waals surface area contributed by atoms with Crippen LogP contribution in [0.25, 0.3) is 0 Å². The van der Waals surface area contributed by atoms with Gasteiger partial charge in [0.25, 0.3) is 0 Å². The van der Waals surface area contributed by atoms with E-state index < -0.39 is 0 Å². The monoisotopic (exact) mass is 220 g/mol. The molecule has 0 aliphatic carbocycles. The number of ketones is 1. The number of hydrogen-bond donors (Lipinski definition) is 1. The van der Waals surface area contributed by atoms with Gasteiger partial charge in [-0.2, -0.15) is 0 Å². The van der Waals surface area contributed by atoms with Crippen LogP contribution in [0.1, 0.15) is 37.6 Å². The molecular weight excluding hydrogens is 204 g/mol. The molecule has 2 rings (SSSR count). The molecule has 1 aromatic rings. The fourth-order valence-corrected chi connectivity index (χ4v) is 1.85. The van der Waals surface area contributed by atoms with E-state index in [0.717, 1.165) is 0 Å². The van der Waals surface area contributed by atoms with E-state index in [-0.39, 0.29) is 23.1 Å². The first-order valence-corrected chi connectivity index (χ1v) is 5.41. The summed E-state index contributed by atoms with van der Waals surface area (Å²) in [4.78, 5) is 11.9. The molecule has 1 unspecified atom stereocenters. The number of Topliss-reactive ketones (excluding diaryl/α,β-unsaturated/α-hetero) is 1. The zero-order valence-corrected chi connectivity index (χ0v) is 9.78. The lowest BCUT2D eigenvalue weighted by molar-refractivity contribution is 0.0539. The summed E-state index contributed by atoms with van der Waals surface area (Å²) in [5, 5.41) is 9.61. The molecule has 16 heavy (non-hydrogen) atoms. The van der Waals surface area contributed by atoms with Crippen LogP contribution in [-0.2, 0) is 0 Å². The second-order valence-corrected chi connectivity index (χ2v) is 5.25. The normalized spacial score (nSPS) is 20.2. The van der Waals surface area contributed by atoms with Gasteiger partial charge in [0, 0.05) is 6.42 Å². The molecule has 0 saturated heterocycles. The smallest absolute Gasteiger partial charge is 0.174 e. The summed E-state index contributed by atoms with van der Waals surface area (Å²) in [5.74, 6) is 0.463. The summed E-state index contributed by atoms with van der Waals surface area (Å²) < 4.78 is 5.77. The van der Waals surface area contributed by atoms with Gasteiger partial charge in [-0.3, -0.25) is 4.79 Å². The van der Waals surface area contributed by atoms with Crippen molar-refractivity contribution in [3.8, 4) is 11.5 Å². The number of aromatic hydroxyl groups is 1. The molecule has 3 nitrogen and oxygen atoms in total. The predicted octanol–water partition coefficient (Wildman–Crippen LogP) is 2.77. The molecule has 0 spiro atoms. The molecule has 0 bridgehead atoms. The summed E-state index contributed by atoms with van der Waals surface area (Å²) in [7, 11) is 0. The topological polar surface area (TPSA) is 46.5 Å². The summed E-state index contributed by atoms with van der Waals surface area (Å²) in [6.07, 6.45) is 0.197. The molecule has 1 aromatic carbocycles. The quantitative estimate of drug-likeness (QED) is 0.731. The van der Waals surface area contributed by atoms with Crippen molar-refractivity contribution < 1.29 is 14.6 Å². The van der Waals surface area contributed by atoms with Gasteiger partial charge < -0.3 is 9.84 Å². The van der Waals surface area contributed by atoms with Gasteiger partial charge in [-0.1, -0.05) is 26.8 Å². The first kappa shape index (κ1) is 11.0. The number of carbonyl (C=O) groups excluding carboxylic acids is 1. The standard InChI is InChI=1S/C13H16O3/c1-13(2,3)11-7-9(15)12-8(14)5-4-6-10(12)16-11/h4-6,11,14H,7H2,1-3H3. The Kier molecular flexibility index (Phi) is 2.41. The van der Waals surface area contributed by atoms with E-state index in [1.807, 2.05) is 20.8 Å². The highest BCUT2D eigenvalue weighted by atomic mass is 16.5. The lowest BCUT2D eigenvalue weighted by atomic mass is 9.83. The Balaban J connectivity index is 2.42. The van der Waals surface area contributed by atoms with Crippen LogP contribution in [0, 0.1) is 5.41 Å². The lowest BCUT2D eigenvalue weighted by Crippen LogP contribution is -2.37. The Hall–Kier alpha value is -1.51. The number of ether oxygens (including phenoxy) is 1. The fraction of sp³-hybridized carbons (Fsp3) is 0.462. The third-order valence-electron chi connectivity index (χ3n) is 2.89. The number of carbonyl (C=O) groups is 1. The van der Waals surface area contributed by atoms with Gasteiger partial charge in [0.1, 0.15) is 23.2 Å². The van der Waals surface area contributed by atoms with E-state index in [0.29, 0.717) is 17.7 Å². The van der Waals surface area contributed by atoms with Crippen molar-refractivity contribution in [1.82, 2.24) is 0 Å². The maximum absolute atomic E-state index is 11.9. The summed E-state index contributed by atoms with van der Waals surface area (Å²) in [5.41, 5.74) is 0.238. The van der Waals surface area contributed by atoms with Gasteiger partial charge in [0.15, 0.2) is 5.78 Å². The van der Waals surface area contributed by atoms with Crippen molar-refractivity contribution in [2.24, 2.45) is 5.41 Å². The summed E-state index contributed by atoms with van der Waals surface area (Å²) in [6.45, 7) is 6.12. The largest absolute Gasteiger partial charge is 0.507 e. The summed E-state index contributed by atoms with van der Waals surface area (Å²) in [6, 6.07) is 4.93. The van der Waals surface area contributed by atoms with Crippen LogP contribution in [0.5, 0.6) is 11.5 Å². The minimum Gasteiger partial charge on any atom is -0.507 e. The van der Waals surface area contributed by atoms with Crippen molar-refractivity contribution in [2.75, 3.05) is 0 Å². The molecule has 0 fully saturated rings. The van der Waals surface area contributed by atoms with E-state index in [9.17, 15) is 9.90 Å². The third kappa shape index (κ3) is 1.77. The Morgan fingerprint density at radius 3 is 2.69 bits per heavy atom. The van der Waals surface area contributed by atoms with Crippen LogP contribution in [0.2, 0.25) is 0 Å². The van der Waals surface area contributed by atoms with Crippen LogP contribution < -0.4 is 4.74 Å². The second kappa shape index (κ2) is 3.51. The molecule has 0 amide bonds. The number of phenolic OH excluding ortho intramolecular Hbond substituents is 1. The van der Waals surface area contributed by atoms with E-state index in [4.69, 9.17) is 4.74 Å². The number of benzene rings is 1. The predicted molar refractivity (Wildman–Crippen MR) is 60.9 cm³/mol. The number of phenols is 1. The molecular formula is C13H16O3. The second-order valence-electron chi connectivity index (χ2n) is 5.25. The maximum atomic E-state index is 11.9. The van der Waals surface area contributed by atoms with E-state index >= 15 is 0 Å². The average Bonchev–Trinajstić information content (AvgIpc) is 2.15. The lowest BCUT2D eigenvalue weighted by Gasteiger charge is -2.34. The zero-order chi connectivity index (χ0) is 11.9. The molecule has 86 valence electrons. The van der Waals surface area contributed by atoms with Gasteiger partial charge in [0.2, 0.25) is 0 Å². The molecule has 0 aromatic heterocycles. The zero-order valence-electron chi connectivity index (χ0n) is 9.78. The Morgan fingerprint density at radius 1 is 1.38 bits per heavy atom. The number of rotatable bonds is 0. The van der Waals surface area contributed by atoms with Crippen LogP contribution in [0.4, 0.5) is 0 Å². The van der Waals surface area contributed by atoms with Gasteiger partial charge in [0.05, 0.1) is 0 Å². The minimum absolute atomic E-state index is 0.00913. The maximum Gasteiger partial charge on any atom is 0.174 e. The first-order chi connectivity index (χ1) is 7.39. The first-order valence-electron chi connectivity index (χ1n) is 5.41. The van der Waals surface area contributed by atoms with Gasteiger partial charge in [-0.15, -0.1) is 0 Å². The summed E-state index contributed by atoms with van der Waals surface area (Å²) >= 11 is 0. The van der Waals surface area contributed by atoms with Gasteiger partial charge >= 0.3 is 0 Å².